The Kier molecular flexibility index (Phi) is 4.56. The molecule has 2 aromatic rings. The second-order valence-corrected chi connectivity index (χ2v) is 4.56. The molecule has 0 atom stereocenters. The first-order chi connectivity index (χ1) is 10.1. The van der Waals surface area contributed by atoms with Crippen LogP contribution in [-0.2, 0) is 0 Å². The van der Waals surface area contributed by atoms with Crippen molar-refractivity contribution in [3.63, 3.8) is 0 Å². The molecule has 2 rings (SSSR count). The number of benzene rings is 2. The molecule has 0 saturated heterocycles. The fourth-order valence-electron chi connectivity index (χ4n) is 1.64. The molecule has 21 heavy (non-hydrogen) atoms. The van der Waals surface area contributed by atoms with Gasteiger partial charge in [0.25, 0.3) is 0 Å². The van der Waals surface area contributed by atoms with E-state index in [9.17, 15) is 4.79 Å². The first kappa shape index (κ1) is 14.6. The van der Waals surface area contributed by atoms with E-state index in [-0.39, 0.29) is 17.4 Å². The van der Waals surface area contributed by atoms with Crippen LogP contribution in [0.25, 0.3) is 0 Å². The van der Waals surface area contributed by atoms with Crippen LogP contribution < -0.4 is 4.74 Å². The van der Waals surface area contributed by atoms with E-state index in [1.54, 1.807) is 30.3 Å². The third kappa shape index (κ3) is 3.60. The van der Waals surface area contributed by atoms with Crippen molar-refractivity contribution < 1.29 is 9.53 Å². The molecule has 0 bridgehead atoms. The fraction of sp³-hybridized carbons (Fsp3) is 0.0625. The zero-order valence-electron chi connectivity index (χ0n) is 10.8. The SMILES string of the molecule is N#Cc1ccc(C(=O)COc2ccc(C#N)c(Cl)c2)cc1. The molecule has 2 aromatic carbocycles. The molecule has 0 aliphatic heterocycles. The molecule has 0 amide bonds. The van der Waals surface area contributed by atoms with Crippen LogP contribution in [0.1, 0.15) is 21.5 Å². The van der Waals surface area contributed by atoms with E-state index < -0.39 is 0 Å². The predicted octanol–water partition coefficient (Wildman–Crippen LogP) is 3.35. The van der Waals surface area contributed by atoms with E-state index in [4.69, 9.17) is 26.9 Å². The topological polar surface area (TPSA) is 73.9 Å². The molecule has 0 aliphatic carbocycles. The minimum atomic E-state index is -0.208. The summed E-state index contributed by atoms with van der Waals surface area (Å²) in [5.41, 5.74) is 1.31. The van der Waals surface area contributed by atoms with Crippen molar-refractivity contribution in [3.8, 4) is 17.9 Å². The number of carbonyl (C=O) groups excluding carboxylic acids is 1. The lowest BCUT2D eigenvalue weighted by molar-refractivity contribution is 0.0921. The average molecular weight is 297 g/mol. The van der Waals surface area contributed by atoms with Crippen LogP contribution in [0.15, 0.2) is 42.5 Å². The van der Waals surface area contributed by atoms with Crippen LogP contribution >= 0.6 is 11.6 Å². The number of nitriles is 2. The van der Waals surface area contributed by atoms with Crippen LogP contribution in [0, 0.1) is 22.7 Å². The highest BCUT2D eigenvalue weighted by Gasteiger charge is 2.08. The molecule has 0 saturated carbocycles. The van der Waals surface area contributed by atoms with E-state index in [1.807, 2.05) is 12.1 Å². The van der Waals surface area contributed by atoms with Crippen molar-refractivity contribution in [3.05, 3.63) is 64.2 Å². The van der Waals surface area contributed by atoms with Crippen LogP contribution in [0.5, 0.6) is 5.75 Å². The van der Waals surface area contributed by atoms with Gasteiger partial charge in [-0.1, -0.05) is 11.6 Å². The summed E-state index contributed by atoms with van der Waals surface area (Å²) in [5.74, 6) is 0.209. The van der Waals surface area contributed by atoms with Crippen molar-refractivity contribution in [2.24, 2.45) is 0 Å². The molecular weight excluding hydrogens is 288 g/mol. The fourth-order valence-corrected chi connectivity index (χ4v) is 1.85. The smallest absolute Gasteiger partial charge is 0.200 e. The van der Waals surface area contributed by atoms with Gasteiger partial charge in [-0.15, -0.1) is 0 Å². The molecule has 0 aliphatic rings. The van der Waals surface area contributed by atoms with E-state index in [2.05, 4.69) is 0 Å². The maximum absolute atomic E-state index is 11.9. The lowest BCUT2D eigenvalue weighted by Crippen LogP contribution is -2.11. The molecule has 0 spiro atoms. The Morgan fingerprint density at radius 1 is 1.10 bits per heavy atom. The Morgan fingerprint density at radius 2 is 1.81 bits per heavy atom. The second-order valence-electron chi connectivity index (χ2n) is 4.15. The van der Waals surface area contributed by atoms with Gasteiger partial charge in [0.2, 0.25) is 0 Å². The highest BCUT2D eigenvalue weighted by Crippen LogP contribution is 2.22. The quantitative estimate of drug-likeness (QED) is 0.811. The number of halogens is 1. The van der Waals surface area contributed by atoms with Crippen molar-refractivity contribution in [2.45, 2.75) is 0 Å². The van der Waals surface area contributed by atoms with Crippen molar-refractivity contribution >= 4 is 17.4 Å². The number of rotatable bonds is 4. The number of hydrogen-bond acceptors (Lipinski definition) is 4. The Morgan fingerprint density at radius 3 is 2.38 bits per heavy atom. The summed E-state index contributed by atoms with van der Waals surface area (Å²) in [4.78, 5) is 11.9. The summed E-state index contributed by atoms with van der Waals surface area (Å²) in [5, 5.41) is 17.7. The first-order valence-corrected chi connectivity index (χ1v) is 6.37. The van der Waals surface area contributed by atoms with Gasteiger partial charge >= 0.3 is 0 Å². The largest absolute Gasteiger partial charge is 0.485 e. The Balaban J connectivity index is 2.02. The number of Topliss-reactive ketones (excluding diaryl/α,β-unsaturated/α-hetero) is 1. The van der Waals surface area contributed by atoms with Gasteiger partial charge in [0.15, 0.2) is 12.4 Å². The molecule has 0 N–H and O–H groups in total. The van der Waals surface area contributed by atoms with Gasteiger partial charge in [-0.05, 0) is 36.4 Å². The normalized spacial score (nSPS) is 9.48. The second kappa shape index (κ2) is 6.56. The lowest BCUT2D eigenvalue weighted by Gasteiger charge is -2.06. The molecular formula is C16H9ClN2O2. The van der Waals surface area contributed by atoms with E-state index in [0.717, 1.165) is 0 Å². The Hall–Kier alpha value is -2.82. The summed E-state index contributed by atoms with van der Waals surface area (Å²) in [6.07, 6.45) is 0. The molecule has 0 fully saturated rings. The van der Waals surface area contributed by atoms with E-state index >= 15 is 0 Å². The van der Waals surface area contributed by atoms with Gasteiger partial charge in [0.05, 0.1) is 22.2 Å². The molecule has 0 heterocycles. The van der Waals surface area contributed by atoms with Gasteiger partial charge in [-0.2, -0.15) is 10.5 Å². The van der Waals surface area contributed by atoms with Crippen molar-refractivity contribution in [1.29, 1.82) is 10.5 Å². The Labute approximate surface area is 126 Å². The first-order valence-electron chi connectivity index (χ1n) is 6.00. The minimum Gasteiger partial charge on any atom is -0.485 e. The average Bonchev–Trinajstić information content (AvgIpc) is 2.52. The van der Waals surface area contributed by atoms with Crippen LogP contribution in [0.3, 0.4) is 0 Å². The molecule has 5 heteroatoms. The molecule has 0 aromatic heterocycles. The predicted molar refractivity (Wildman–Crippen MR) is 77.1 cm³/mol. The van der Waals surface area contributed by atoms with Crippen molar-refractivity contribution in [2.75, 3.05) is 6.61 Å². The maximum Gasteiger partial charge on any atom is 0.200 e. The van der Waals surface area contributed by atoms with E-state index in [1.165, 1.54) is 12.1 Å². The zero-order chi connectivity index (χ0) is 15.2. The summed E-state index contributed by atoms with van der Waals surface area (Å²) >= 11 is 5.88. The highest BCUT2D eigenvalue weighted by atomic mass is 35.5. The Bertz CT molecular complexity index is 755. The third-order valence-corrected chi connectivity index (χ3v) is 3.08. The summed E-state index contributed by atoms with van der Waals surface area (Å²) in [6, 6.07) is 14.8. The van der Waals surface area contributed by atoms with Gasteiger partial charge in [-0.3, -0.25) is 4.79 Å². The number of nitrogens with zero attached hydrogens (tertiary/aromatic N) is 2. The molecule has 0 radical (unpaired) electrons. The van der Waals surface area contributed by atoms with Crippen LogP contribution in [-0.4, -0.2) is 12.4 Å². The maximum atomic E-state index is 11.9. The van der Waals surface area contributed by atoms with Crippen molar-refractivity contribution in [1.82, 2.24) is 0 Å². The van der Waals surface area contributed by atoms with Crippen LogP contribution in [0.4, 0.5) is 0 Å². The van der Waals surface area contributed by atoms with Crippen LogP contribution in [0.2, 0.25) is 5.02 Å². The van der Waals surface area contributed by atoms with Gasteiger partial charge in [0, 0.05) is 11.6 Å². The monoisotopic (exact) mass is 296 g/mol. The number of ether oxygens (including phenoxy) is 1. The number of ketones is 1. The number of carbonyl (C=O) groups is 1. The molecule has 102 valence electrons. The van der Waals surface area contributed by atoms with E-state index in [0.29, 0.717) is 22.4 Å². The molecule has 0 unspecified atom stereocenters. The highest BCUT2D eigenvalue weighted by molar-refractivity contribution is 6.31. The summed E-state index contributed by atoms with van der Waals surface area (Å²) < 4.78 is 5.35. The zero-order valence-corrected chi connectivity index (χ0v) is 11.6. The number of hydrogen-bond donors (Lipinski definition) is 0. The minimum absolute atomic E-state index is 0.145. The summed E-state index contributed by atoms with van der Waals surface area (Å²) in [6.45, 7) is -0.145. The standard InChI is InChI=1S/C16H9ClN2O2/c17-15-7-14(6-5-13(15)9-19)21-10-16(20)12-3-1-11(8-18)2-4-12/h1-7H,10H2. The third-order valence-electron chi connectivity index (χ3n) is 2.77. The molecule has 4 nitrogen and oxygen atoms in total. The van der Waals surface area contributed by atoms with Gasteiger partial charge < -0.3 is 4.74 Å². The lowest BCUT2D eigenvalue weighted by atomic mass is 10.1. The summed E-state index contributed by atoms with van der Waals surface area (Å²) in [7, 11) is 0. The van der Waals surface area contributed by atoms with Gasteiger partial charge in [0.1, 0.15) is 11.8 Å². The van der Waals surface area contributed by atoms with Gasteiger partial charge in [-0.25, -0.2) is 0 Å².